The number of nitrogens with zero attached hydrogens (tertiary/aromatic N) is 2. The number of rotatable bonds is 6. The number of pyridine rings is 1. The SMILES string of the molecule is CNc1cc(S(=O)(=O)N(Cc2cccs2)C(C)C)ccn1. The molecule has 2 aromatic rings. The first-order valence-electron chi connectivity index (χ1n) is 6.63. The van der Waals surface area contributed by atoms with E-state index < -0.39 is 10.0 Å². The number of hydrogen-bond donors (Lipinski definition) is 1. The molecular weight excluding hydrogens is 306 g/mol. The fraction of sp³-hybridized carbons (Fsp3) is 0.357. The van der Waals surface area contributed by atoms with E-state index in [-0.39, 0.29) is 10.9 Å². The van der Waals surface area contributed by atoms with Gasteiger partial charge in [0.1, 0.15) is 5.82 Å². The van der Waals surface area contributed by atoms with Crippen LogP contribution in [0.3, 0.4) is 0 Å². The number of anilines is 1. The monoisotopic (exact) mass is 325 g/mol. The third-order valence-electron chi connectivity index (χ3n) is 3.06. The van der Waals surface area contributed by atoms with Crippen LogP contribution >= 0.6 is 11.3 Å². The molecule has 5 nitrogen and oxygen atoms in total. The van der Waals surface area contributed by atoms with Crippen molar-refractivity contribution >= 4 is 27.2 Å². The molecule has 0 spiro atoms. The van der Waals surface area contributed by atoms with E-state index in [1.807, 2.05) is 31.4 Å². The standard InChI is InChI=1S/C14H19N3O2S2/c1-11(2)17(10-12-5-4-8-20-12)21(18,19)13-6-7-16-14(9-13)15-3/h4-9,11H,10H2,1-3H3,(H,15,16). The average Bonchev–Trinajstić information content (AvgIpc) is 2.97. The number of hydrogen-bond acceptors (Lipinski definition) is 5. The summed E-state index contributed by atoms with van der Waals surface area (Å²) in [7, 11) is -1.84. The first kappa shape index (κ1) is 15.9. The fourth-order valence-corrected chi connectivity index (χ4v) is 4.36. The van der Waals surface area contributed by atoms with Gasteiger partial charge in [0.15, 0.2) is 0 Å². The summed E-state index contributed by atoms with van der Waals surface area (Å²) in [5, 5.41) is 4.81. The van der Waals surface area contributed by atoms with Crippen molar-refractivity contribution in [1.82, 2.24) is 9.29 Å². The number of aromatic nitrogens is 1. The zero-order valence-electron chi connectivity index (χ0n) is 12.3. The van der Waals surface area contributed by atoms with Gasteiger partial charge < -0.3 is 5.32 Å². The summed E-state index contributed by atoms with van der Waals surface area (Å²) in [6.45, 7) is 4.14. The maximum atomic E-state index is 12.8. The van der Waals surface area contributed by atoms with Gasteiger partial charge in [0, 0.05) is 36.8 Å². The predicted molar refractivity (Wildman–Crippen MR) is 86.0 cm³/mol. The topological polar surface area (TPSA) is 62.3 Å². The Bertz CT molecular complexity index is 682. The van der Waals surface area contributed by atoms with Gasteiger partial charge in [-0.2, -0.15) is 4.31 Å². The molecule has 0 fully saturated rings. The van der Waals surface area contributed by atoms with Crippen LogP contribution in [0.15, 0.2) is 40.7 Å². The summed E-state index contributed by atoms with van der Waals surface area (Å²) in [4.78, 5) is 5.34. The Morgan fingerprint density at radius 1 is 1.38 bits per heavy atom. The second-order valence-corrected chi connectivity index (χ2v) is 7.77. The van der Waals surface area contributed by atoms with Crippen molar-refractivity contribution < 1.29 is 8.42 Å². The van der Waals surface area contributed by atoms with Crippen LogP contribution in [0.2, 0.25) is 0 Å². The summed E-state index contributed by atoms with van der Waals surface area (Å²) in [6.07, 6.45) is 1.50. The zero-order chi connectivity index (χ0) is 15.5. The Hall–Kier alpha value is -1.44. The first-order chi connectivity index (χ1) is 9.95. The molecule has 2 rings (SSSR count). The van der Waals surface area contributed by atoms with Crippen LogP contribution in [0.25, 0.3) is 0 Å². The lowest BCUT2D eigenvalue weighted by molar-refractivity contribution is 0.350. The van der Waals surface area contributed by atoms with E-state index in [9.17, 15) is 8.42 Å². The van der Waals surface area contributed by atoms with E-state index in [0.717, 1.165) is 4.88 Å². The van der Waals surface area contributed by atoms with Crippen molar-refractivity contribution in [3.8, 4) is 0 Å². The minimum Gasteiger partial charge on any atom is -0.373 e. The van der Waals surface area contributed by atoms with E-state index in [1.165, 1.54) is 16.6 Å². The highest BCUT2D eigenvalue weighted by Crippen LogP contribution is 2.23. The van der Waals surface area contributed by atoms with Crippen LogP contribution in [0, 0.1) is 0 Å². The van der Waals surface area contributed by atoms with Gasteiger partial charge >= 0.3 is 0 Å². The minimum atomic E-state index is -3.55. The smallest absolute Gasteiger partial charge is 0.243 e. The molecule has 0 saturated heterocycles. The van der Waals surface area contributed by atoms with E-state index in [1.54, 1.807) is 24.5 Å². The average molecular weight is 325 g/mol. The first-order valence-corrected chi connectivity index (χ1v) is 8.95. The predicted octanol–water partition coefficient (Wildman–Crippen LogP) is 2.78. The normalized spacial score (nSPS) is 12.0. The van der Waals surface area contributed by atoms with Crippen molar-refractivity contribution in [1.29, 1.82) is 0 Å². The molecule has 0 bridgehead atoms. The molecule has 2 heterocycles. The van der Waals surface area contributed by atoms with Gasteiger partial charge in [0.05, 0.1) is 4.90 Å². The molecule has 7 heteroatoms. The van der Waals surface area contributed by atoms with Gasteiger partial charge in [-0.25, -0.2) is 13.4 Å². The third kappa shape index (κ3) is 3.61. The highest BCUT2D eigenvalue weighted by molar-refractivity contribution is 7.89. The summed E-state index contributed by atoms with van der Waals surface area (Å²) in [5.74, 6) is 0.538. The third-order valence-corrected chi connectivity index (χ3v) is 5.94. The van der Waals surface area contributed by atoms with Crippen LogP contribution in [-0.4, -0.2) is 30.8 Å². The van der Waals surface area contributed by atoms with Crippen LogP contribution in [0.5, 0.6) is 0 Å². The molecule has 0 unspecified atom stereocenters. The maximum absolute atomic E-state index is 12.8. The quantitative estimate of drug-likeness (QED) is 0.887. The number of thiophene rings is 1. The summed E-state index contributed by atoms with van der Waals surface area (Å²) in [6, 6.07) is 6.83. The van der Waals surface area contributed by atoms with E-state index in [4.69, 9.17) is 0 Å². The van der Waals surface area contributed by atoms with Crippen LogP contribution in [-0.2, 0) is 16.6 Å². The van der Waals surface area contributed by atoms with Crippen molar-refractivity contribution in [3.63, 3.8) is 0 Å². The van der Waals surface area contributed by atoms with E-state index in [2.05, 4.69) is 10.3 Å². The molecule has 0 aliphatic heterocycles. The number of nitrogens with one attached hydrogen (secondary N) is 1. The highest BCUT2D eigenvalue weighted by Gasteiger charge is 2.27. The Morgan fingerprint density at radius 3 is 2.71 bits per heavy atom. The van der Waals surface area contributed by atoms with Gasteiger partial charge in [-0.3, -0.25) is 0 Å². The summed E-state index contributed by atoms with van der Waals surface area (Å²) in [5.41, 5.74) is 0. The second kappa shape index (κ2) is 6.55. The molecule has 0 aliphatic rings. The highest BCUT2D eigenvalue weighted by atomic mass is 32.2. The van der Waals surface area contributed by atoms with Crippen molar-refractivity contribution in [2.24, 2.45) is 0 Å². The lowest BCUT2D eigenvalue weighted by Crippen LogP contribution is -2.36. The van der Waals surface area contributed by atoms with Crippen molar-refractivity contribution in [2.45, 2.75) is 31.3 Å². The number of sulfonamides is 1. The Labute approximate surface area is 129 Å². The molecular formula is C14H19N3O2S2. The Kier molecular flexibility index (Phi) is 4.97. The molecule has 0 radical (unpaired) electrons. The van der Waals surface area contributed by atoms with Crippen LogP contribution in [0.4, 0.5) is 5.82 Å². The van der Waals surface area contributed by atoms with Gasteiger partial charge in [0.25, 0.3) is 0 Å². The molecule has 0 amide bonds. The van der Waals surface area contributed by atoms with Crippen LogP contribution in [0.1, 0.15) is 18.7 Å². The summed E-state index contributed by atoms with van der Waals surface area (Å²) >= 11 is 1.56. The van der Waals surface area contributed by atoms with Crippen molar-refractivity contribution in [3.05, 3.63) is 40.7 Å². The Balaban J connectivity index is 2.37. The maximum Gasteiger partial charge on any atom is 0.243 e. The lowest BCUT2D eigenvalue weighted by atomic mass is 10.4. The lowest BCUT2D eigenvalue weighted by Gasteiger charge is -2.25. The van der Waals surface area contributed by atoms with E-state index >= 15 is 0 Å². The molecule has 114 valence electrons. The second-order valence-electron chi connectivity index (χ2n) is 4.85. The molecule has 0 atom stereocenters. The molecule has 2 aromatic heterocycles. The largest absolute Gasteiger partial charge is 0.373 e. The minimum absolute atomic E-state index is 0.122. The molecule has 0 aromatic carbocycles. The molecule has 0 saturated carbocycles. The van der Waals surface area contributed by atoms with Gasteiger partial charge in [0.2, 0.25) is 10.0 Å². The van der Waals surface area contributed by atoms with Crippen LogP contribution < -0.4 is 5.32 Å². The van der Waals surface area contributed by atoms with E-state index in [0.29, 0.717) is 12.4 Å². The van der Waals surface area contributed by atoms with Gasteiger partial charge in [-0.05, 0) is 31.4 Å². The van der Waals surface area contributed by atoms with Gasteiger partial charge in [-0.1, -0.05) is 6.07 Å². The molecule has 0 aliphatic carbocycles. The fourth-order valence-electron chi connectivity index (χ4n) is 1.94. The summed E-state index contributed by atoms with van der Waals surface area (Å²) < 4.78 is 27.2. The Morgan fingerprint density at radius 2 is 2.14 bits per heavy atom. The van der Waals surface area contributed by atoms with Crippen molar-refractivity contribution in [2.75, 3.05) is 12.4 Å². The molecule has 21 heavy (non-hydrogen) atoms. The molecule has 1 N–H and O–H groups in total. The zero-order valence-corrected chi connectivity index (χ0v) is 13.9. The van der Waals surface area contributed by atoms with Gasteiger partial charge in [-0.15, -0.1) is 11.3 Å².